The van der Waals surface area contributed by atoms with Gasteiger partial charge in [-0.05, 0) is 36.6 Å². The lowest BCUT2D eigenvalue weighted by Crippen LogP contribution is -2.48. The maximum absolute atomic E-state index is 12.7. The fourth-order valence-corrected chi connectivity index (χ4v) is 5.51. The highest BCUT2D eigenvalue weighted by atomic mass is 32.1. The van der Waals surface area contributed by atoms with E-state index in [1.807, 2.05) is 17.0 Å². The summed E-state index contributed by atoms with van der Waals surface area (Å²) in [5.74, 6) is 1.18. The van der Waals surface area contributed by atoms with Crippen LogP contribution in [0, 0.1) is 6.92 Å². The van der Waals surface area contributed by atoms with Crippen molar-refractivity contribution in [3.8, 4) is 16.3 Å². The molecule has 1 amide bonds. The zero-order chi connectivity index (χ0) is 20.7. The summed E-state index contributed by atoms with van der Waals surface area (Å²) in [4.78, 5) is 25.8. The summed E-state index contributed by atoms with van der Waals surface area (Å²) >= 11 is 1.79. The maximum Gasteiger partial charge on any atom is 0.275 e. The van der Waals surface area contributed by atoms with E-state index in [1.165, 1.54) is 16.7 Å². The van der Waals surface area contributed by atoms with Crippen LogP contribution >= 0.6 is 11.3 Å². The van der Waals surface area contributed by atoms with Crippen molar-refractivity contribution in [2.45, 2.75) is 31.8 Å². The summed E-state index contributed by atoms with van der Waals surface area (Å²) in [7, 11) is 1.64. The van der Waals surface area contributed by atoms with Crippen molar-refractivity contribution in [1.29, 1.82) is 0 Å². The molecule has 1 saturated heterocycles. The largest absolute Gasteiger partial charge is 0.495 e. The van der Waals surface area contributed by atoms with Crippen molar-refractivity contribution in [2.75, 3.05) is 26.8 Å². The summed E-state index contributed by atoms with van der Waals surface area (Å²) in [6.07, 6.45) is 5.64. The zero-order valence-corrected chi connectivity index (χ0v) is 17.8. The minimum Gasteiger partial charge on any atom is -0.495 e. The number of piperidine rings is 1. The van der Waals surface area contributed by atoms with Gasteiger partial charge in [0.15, 0.2) is 11.6 Å². The number of carbonyl (C=O) groups is 1. The normalized spacial score (nSPS) is 17.7. The number of thiophene rings is 1. The third kappa shape index (κ3) is 3.30. The minimum atomic E-state index is -0.328. The molecule has 1 spiro atoms. The fraction of sp³-hybridized carbons (Fsp3) is 0.409. The van der Waals surface area contributed by atoms with Crippen LogP contribution in [-0.4, -0.2) is 47.6 Å². The molecule has 3 aromatic rings. The smallest absolute Gasteiger partial charge is 0.275 e. The lowest BCUT2D eigenvalue weighted by atomic mass is 9.82. The Kier molecular flexibility index (Phi) is 4.83. The average Bonchev–Trinajstić information content (AvgIpc) is 3.41. The van der Waals surface area contributed by atoms with Crippen LogP contribution in [0.3, 0.4) is 0 Å². The Morgan fingerprint density at radius 1 is 1.30 bits per heavy atom. The fourth-order valence-electron chi connectivity index (χ4n) is 4.30. The van der Waals surface area contributed by atoms with Gasteiger partial charge >= 0.3 is 0 Å². The van der Waals surface area contributed by atoms with Crippen molar-refractivity contribution >= 4 is 17.2 Å². The average molecular weight is 426 g/mol. The van der Waals surface area contributed by atoms with Gasteiger partial charge in [-0.3, -0.25) is 9.78 Å². The highest BCUT2D eigenvalue weighted by Gasteiger charge is 2.43. The molecule has 5 heterocycles. The van der Waals surface area contributed by atoms with Crippen molar-refractivity contribution in [2.24, 2.45) is 0 Å². The second-order valence-corrected chi connectivity index (χ2v) is 8.80. The molecule has 5 rings (SSSR count). The molecule has 8 heteroatoms. The molecule has 3 aromatic heterocycles. The summed E-state index contributed by atoms with van der Waals surface area (Å²) in [5.41, 5.74) is 2.25. The Hall–Kier alpha value is -2.71. The van der Waals surface area contributed by atoms with E-state index < -0.39 is 0 Å². The van der Waals surface area contributed by atoms with Crippen LogP contribution in [0.2, 0.25) is 0 Å². The summed E-state index contributed by atoms with van der Waals surface area (Å²) in [6, 6.07) is 6.15. The number of methoxy groups -OCH3 is 1. The van der Waals surface area contributed by atoms with Gasteiger partial charge in [0.05, 0.1) is 36.1 Å². The number of oxazole rings is 1. The molecule has 30 heavy (non-hydrogen) atoms. The number of nitrogens with zero attached hydrogens (tertiary/aromatic N) is 3. The predicted octanol–water partition coefficient (Wildman–Crippen LogP) is 3.82. The van der Waals surface area contributed by atoms with E-state index in [2.05, 4.69) is 16.0 Å². The standard InChI is InChI=1S/C22H23N3O4S/c1-14-24-18(13-28-14)21(26)25-8-6-22(7-9-25)16-11-20(30-19(16)5-10-29-22)17-4-3-15(27-2)12-23-17/h3-4,11-13H,5-10H2,1-2H3. The lowest BCUT2D eigenvalue weighted by Gasteiger charge is -2.43. The number of pyridine rings is 1. The molecule has 0 bridgehead atoms. The van der Waals surface area contributed by atoms with Gasteiger partial charge in [0.25, 0.3) is 5.91 Å². The second kappa shape index (κ2) is 7.52. The van der Waals surface area contributed by atoms with E-state index >= 15 is 0 Å². The van der Waals surface area contributed by atoms with Gasteiger partial charge in [-0.25, -0.2) is 4.98 Å². The minimum absolute atomic E-state index is 0.0776. The van der Waals surface area contributed by atoms with Crippen LogP contribution in [0.25, 0.3) is 10.6 Å². The molecule has 0 atom stereocenters. The van der Waals surface area contributed by atoms with Gasteiger partial charge < -0.3 is 18.8 Å². The molecule has 2 aliphatic heterocycles. The molecule has 0 aliphatic carbocycles. The third-order valence-corrected chi connectivity index (χ3v) is 7.15. The molecular formula is C22H23N3O4S. The lowest BCUT2D eigenvalue weighted by molar-refractivity contribution is -0.0926. The summed E-state index contributed by atoms with van der Waals surface area (Å²) in [6.45, 7) is 3.72. The van der Waals surface area contributed by atoms with Crippen LogP contribution in [0.15, 0.2) is 35.1 Å². The number of carbonyl (C=O) groups excluding carboxylic acids is 1. The Labute approximate surface area is 178 Å². The zero-order valence-electron chi connectivity index (χ0n) is 17.0. The number of hydrogen-bond acceptors (Lipinski definition) is 7. The molecule has 0 unspecified atom stereocenters. The monoisotopic (exact) mass is 425 g/mol. The number of hydrogen-bond donors (Lipinski definition) is 0. The maximum atomic E-state index is 12.7. The molecular weight excluding hydrogens is 402 g/mol. The number of amides is 1. The highest BCUT2D eigenvalue weighted by Crippen LogP contribution is 2.46. The molecule has 156 valence electrons. The molecule has 0 N–H and O–H groups in total. The highest BCUT2D eigenvalue weighted by molar-refractivity contribution is 7.15. The van der Waals surface area contributed by atoms with E-state index in [-0.39, 0.29) is 11.5 Å². The Morgan fingerprint density at radius 2 is 2.13 bits per heavy atom. The molecule has 0 aromatic carbocycles. The van der Waals surface area contributed by atoms with E-state index in [0.717, 1.165) is 35.6 Å². The molecule has 7 nitrogen and oxygen atoms in total. The summed E-state index contributed by atoms with van der Waals surface area (Å²) < 4.78 is 16.8. The Morgan fingerprint density at radius 3 is 2.80 bits per heavy atom. The Balaban J connectivity index is 1.37. The first-order valence-corrected chi connectivity index (χ1v) is 10.9. The number of likely N-dealkylation sites (tertiary alicyclic amines) is 1. The van der Waals surface area contributed by atoms with Crippen molar-refractivity contribution in [3.05, 3.63) is 52.7 Å². The first-order chi connectivity index (χ1) is 14.6. The molecule has 0 radical (unpaired) electrons. The van der Waals surface area contributed by atoms with E-state index in [4.69, 9.17) is 13.9 Å². The topological polar surface area (TPSA) is 77.7 Å². The number of aryl methyl sites for hydroxylation is 1. The van der Waals surface area contributed by atoms with E-state index in [0.29, 0.717) is 31.3 Å². The number of aromatic nitrogens is 2. The van der Waals surface area contributed by atoms with Crippen molar-refractivity contribution in [3.63, 3.8) is 0 Å². The van der Waals surface area contributed by atoms with Crippen molar-refractivity contribution in [1.82, 2.24) is 14.9 Å². The quantitative estimate of drug-likeness (QED) is 0.635. The molecule has 1 fully saturated rings. The number of rotatable bonds is 3. The van der Waals surface area contributed by atoms with Crippen LogP contribution in [-0.2, 0) is 16.8 Å². The van der Waals surface area contributed by atoms with E-state index in [9.17, 15) is 4.79 Å². The first kappa shape index (κ1) is 19.3. The van der Waals surface area contributed by atoms with Crippen LogP contribution in [0.5, 0.6) is 5.75 Å². The number of ether oxygens (including phenoxy) is 2. The number of fused-ring (bicyclic) bond motifs is 2. The van der Waals surface area contributed by atoms with Gasteiger partial charge in [-0.15, -0.1) is 11.3 Å². The molecule has 2 aliphatic rings. The van der Waals surface area contributed by atoms with Crippen molar-refractivity contribution < 1.29 is 18.7 Å². The van der Waals surface area contributed by atoms with Gasteiger partial charge in [0.1, 0.15) is 12.0 Å². The van der Waals surface area contributed by atoms with Gasteiger partial charge in [-0.1, -0.05) is 0 Å². The first-order valence-electron chi connectivity index (χ1n) is 10.1. The van der Waals surface area contributed by atoms with E-state index in [1.54, 1.807) is 31.6 Å². The predicted molar refractivity (Wildman–Crippen MR) is 112 cm³/mol. The van der Waals surface area contributed by atoms with Gasteiger partial charge in [0.2, 0.25) is 0 Å². The van der Waals surface area contributed by atoms with Crippen LogP contribution < -0.4 is 4.74 Å². The van der Waals surface area contributed by atoms with Crippen LogP contribution in [0.1, 0.15) is 39.7 Å². The SMILES string of the molecule is COc1ccc(-c2cc3c(s2)CCOC32CCN(C(=O)c3coc(C)n3)CC2)nc1. The second-order valence-electron chi connectivity index (χ2n) is 7.67. The van der Waals surface area contributed by atoms with Gasteiger partial charge in [0, 0.05) is 31.3 Å². The summed E-state index contributed by atoms with van der Waals surface area (Å²) in [5, 5.41) is 0. The Bertz CT molecular complexity index is 1060. The molecule has 0 saturated carbocycles. The van der Waals surface area contributed by atoms with Gasteiger partial charge in [-0.2, -0.15) is 0 Å². The van der Waals surface area contributed by atoms with Crippen LogP contribution in [0.4, 0.5) is 0 Å². The third-order valence-electron chi connectivity index (χ3n) is 5.93.